The van der Waals surface area contributed by atoms with Crippen LogP contribution in [0.5, 0.6) is 0 Å². The van der Waals surface area contributed by atoms with Crippen molar-refractivity contribution in [3.05, 3.63) is 46.5 Å². The molecule has 1 aromatic heterocycles. The summed E-state index contributed by atoms with van der Waals surface area (Å²) >= 11 is 6.36. The molecule has 1 heterocycles. The Hall–Kier alpha value is -1.43. The molecule has 6 heteroatoms. The normalized spacial score (nSPS) is 12.6. The molecular formula is C15H19ClFN3O. The smallest absolute Gasteiger partial charge is 0.137 e. The molecular weight excluding hydrogens is 293 g/mol. The van der Waals surface area contributed by atoms with E-state index in [4.69, 9.17) is 11.6 Å². The lowest BCUT2D eigenvalue weighted by Gasteiger charge is -2.07. The van der Waals surface area contributed by atoms with Gasteiger partial charge in [-0.2, -0.15) is 5.10 Å². The number of aromatic nitrogens is 2. The number of nitrogens with zero attached hydrogens (tertiary/aromatic N) is 2. The Bertz CT molecular complexity index is 596. The Kier molecular flexibility index (Phi) is 5.33. The Morgan fingerprint density at radius 2 is 2.05 bits per heavy atom. The van der Waals surface area contributed by atoms with Crippen LogP contribution in [-0.2, 0) is 6.54 Å². The van der Waals surface area contributed by atoms with E-state index >= 15 is 0 Å². The highest BCUT2D eigenvalue weighted by molar-refractivity contribution is 6.30. The lowest BCUT2D eigenvalue weighted by Crippen LogP contribution is -2.19. The summed E-state index contributed by atoms with van der Waals surface area (Å²) in [7, 11) is 0. The summed E-state index contributed by atoms with van der Waals surface area (Å²) < 4.78 is 14.6. The van der Waals surface area contributed by atoms with Crippen LogP contribution < -0.4 is 5.32 Å². The topological polar surface area (TPSA) is 50.1 Å². The van der Waals surface area contributed by atoms with Crippen LogP contribution in [0, 0.1) is 12.7 Å². The van der Waals surface area contributed by atoms with Crippen LogP contribution in [0.2, 0.25) is 5.15 Å². The lowest BCUT2D eigenvalue weighted by atomic mass is 10.2. The van der Waals surface area contributed by atoms with Crippen molar-refractivity contribution in [2.24, 2.45) is 0 Å². The third-order valence-electron chi connectivity index (χ3n) is 3.23. The average molecular weight is 312 g/mol. The maximum Gasteiger partial charge on any atom is 0.137 e. The van der Waals surface area contributed by atoms with Crippen molar-refractivity contribution in [3.8, 4) is 5.69 Å². The molecule has 0 spiro atoms. The highest BCUT2D eigenvalue weighted by Crippen LogP contribution is 2.23. The van der Waals surface area contributed by atoms with Gasteiger partial charge >= 0.3 is 0 Å². The zero-order valence-corrected chi connectivity index (χ0v) is 12.9. The Balaban J connectivity index is 2.12. The van der Waals surface area contributed by atoms with Gasteiger partial charge in [-0.05, 0) is 51.1 Å². The van der Waals surface area contributed by atoms with Crippen molar-refractivity contribution in [1.82, 2.24) is 15.1 Å². The van der Waals surface area contributed by atoms with Gasteiger partial charge in [0, 0.05) is 12.1 Å². The van der Waals surface area contributed by atoms with Crippen molar-refractivity contribution in [2.75, 3.05) is 6.54 Å². The molecule has 0 aliphatic rings. The number of aliphatic hydroxyl groups excluding tert-OH is 1. The Labute approximate surface area is 128 Å². The van der Waals surface area contributed by atoms with Crippen LogP contribution in [0.25, 0.3) is 5.69 Å². The third kappa shape index (κ3) is 4.03. The maximum absolute atomic E-state index is 13.0. The molecule has 0 aliphatic carbocycles. The van der Waals surface area contributed by atoms with Crippen LogP contribution >= 0.6 is 11.6 Å². The summed E-state index contributed by atoms with van der Waals surface area (Å²) in [4.78, 5) is 0. The van der Waals surface area contributed by atoms with Gasteiger partial charge in [-0.3, -0.25) is 0 Å². The van der Waals surface area contributed by atoms with Gasteiger partial charge in [0.2, 0.25) is 0 Å². The highest BCUT2D eigenvalue weighted by Gasteiger charge is 2.14. The van der Waals surface area contributed by atoms with Gasteiger partial charge in [-0.25, -0.2) is 9.07 Å². The lowest BCUT2D eigenvalue weighted by molar-refractivity contribution is 0.183. The number of rotatable bonds is 6. The number of halogens is 2. The van der Waals surface area contributed by atoms with Crippen LogP contribution in [0.3, 0.4) is 0 Å². The number of hydrogen-bond acceptors (Lipinski definition) is 3. The molecule has 0 saturated carbocycles. The molecule has 114 valence electrons. The third-order valence-corrected chi connectivity index (χ3v) is 3.62. The van der Waals surface area contributed by atoms with E-state index in [0.29, 0.717) is 24.7 Å². The fourth-order valence-electron chi connectivity index (χ4n) is 2.01. The van der Waals surface area contributed by atoms with Gasteiger partial charge in [0.25, 0.3) is 0 Å². The second kappa shape index (κ2) is 7.02. The minimum absolute atomic E-state index is 0.293. The molecule has 0 saturated heterocycles. The van der Waals surface area contributed by atoms with Crippen molar-refractivity contribution in [3.63, 3.8) is 0 Å². The minimum atomic E-state index is -0.323. The van der Waals surface area contributed by atoms with Gasteiger partial charge in [0.05, 0.1) is 17.5 Å². The fraction of sp³-hybridized carbons (Fsp3) is 0.400. The molecule has 0 fully saturated rings. The first-order valence-corrected chi connectivity index (χ1v) is 7.25. The van der Waals surface area contributed by atoms with E-state index in [1.165, 1.54) is 12.1 Å². The van der Waals surface area contributed by atoms with E-state index in [1.807, 2.05) is 6.92 Å². The van der Waals surface area contributed by atoms with E-state index in [0.717, 1.165) is 16.9 Å². The molecule has 1 aromatic carbocycles. The second-order valence-electron chi connectivity index (χ2n) is 5.06. The summed E-state index contributed by atoms with van der Waals surface area (Å²) in [5.41, 5.74) is 2.46. The Morgan fingerprint density at radius 1 is 1.38 bits per heavy atom. The van der Waals surface area contributed by atoms with E-state index in [9.17, 15) is 9.50 Å². The molecule has 0 amide bonds. The first-order chi connectivity index (χ1) is 9.99. The van der Waals surface area contributed by atoms with Crippen LogP contribution in [0.4, 0.5) is 4.39 Å². The zero-order chi connectivity index (χ0) is 15.4. The van der Waals surface area contributed by atoms with Gasteiger partial charge < -0.3 is 10.4 Å². The van der Waals surface area contributed by atoms with Crippen LogP contribution in [0.15, 0.2) is 24.3 Å². The number of hydrogen-bond donors (Lipinski definition) is 2. The van der Waals surface area contributed by atoms with Gasteiger partial charge in [0.15, 0.2) is 0 Å². The van der Waals surface area contributed by atoms with Gasteiger partial charge in [-0.15, -0.1) is 0 Å². The average Bonchev–Trinajstić information content (AvgIpc) is 2.71. The molecule has 2 N–H and O–H groups in total. The van der Waals surface area contributed by atoms with E-state index in [2.05, 4.69) is 10.4 Å². The number of aliphatic hydroxyl groups is 1. The first kappa shape index (κ1) is 15.9. The predicted octanol–water partition coefficient (Wildman–Crippen LogP) is 2.83. The highest BCUT2D eigenvalue weighted by atomic mass is 35.5. The Morgan fingerprint density at radius 3 is 2.67 bits per heavy atom. The number of benzene rings is 1. The number of aryl methyl sites for hydroxylation is 1. The molecule has 21 heavy (non-hydrogen) atoms. The van der Waals surface area contributed by atoms with E-state index in [1.54, 1.807) is 23.7 Å². The SMILES string of the molecule is Cc1nn(-c2ccc(F)cc2)c(Cl)c1CNCCC(C)O. The van der Waals surface area contributed by atoms with Gasteiger partial charge in [-0.1, -0.05) is 11.6 Å². The summed E-state index contributed by atoms with van der Waals surface area (Å²) in [6.07, 6.45) is 0.360. The monoisotopic (exact) mass is 311 g/mol. The largest absolute Gasteiger partial charge is 0.393 e. The summed E-state index contributed by atoms with van der Waals surface area (Å²) in [5.74, 6) is -0.293. The van der Waals surface area contributed by atoms with Crippen molar-refractivity contribution >= 4 is 11.6 Å². The zero-order valence-electron chi connectivity index (χ0n) is 12.1. The van der Waals surface area contributed by atoms with Crippen LogP contribution in [-0.4, -0.2) is 27.5 Å². The summed E-state index contributed by atoms with van der Waals surface area (Å²) in [5, 5.41) is 17.4. The molecule has 2 aromatic rings. The predicted molar refractivity (Wildman–Crippen MR) is 81.3 cm³/mol. The molecule has 2 rings (SSSR count). The fourth-order valence-corrected chi connectivity index (χ4v) is 2.35. The van der Waals surface area contributed by atoms with Gasteiger partial charge in [0.1, 0.15) is 11.0 Å². The minimum Gasteiger partial charge on any atom is -0.393 e. The summed E-state index contributed by atoms with van der Waals surface area (Å²) in [6.45, 7) is 4.93. The van der Waals surface area contributed by atoms with Crippen molar-refractivity contribution in [2.45, 2.75) is 32.9 Å². The molecule has 0 aliphatic heterocycles. The van der Waals surface area contributed by atoms with Crippen molar-refractivity contribution in [1.29, 1.82) is 0 Å². The van der Waals surface area contributed by atoms with Crippen molar-refractivity contribution < 1.29 is 9.50 Å². The quantitative estimate of drug-likeness (QED) is 0.807. The molecule has 1 unspecified atom stereocenters. The number of nitrogens with one attached hydrogen (secondary N) is 1. The maximum atomic E-state index is 13.0. The van der Waals surface area contributed by atoms with Crippen LogP contribution in [0.1, 0.15) is 24.6 Å². The first-order valence-electron chi connectivity index (χ1n) is 6.87. The molecule has 4 nitrogen and oxygen atoms in total. The van der Waals surface area contributed by atoms with E-state index < -0.39 is 0 Å². The summed E-state index contributed by atoms with van der Waals surface area (Å²) in [6, 6.07) is 6.03. The standard InChI is InChI=1S/C15H19ClFN3O/c1-10(21)7-8-18-9-14-11(2)19-20(15(14)16)13-5-3-12(17)4-6-13/h3-6,10,18,21H,7-9H2,1-2H3. The molecule has 0 bridgehead atoms. The second-order valence-corrected chi connectivity index (χ2v) is 5.42. The molecule has 1 atom stereocenters. The van der Waals surface area contributed by atoms with E-state index in [-0.39, 0.29) is 11.9 Å². The molecule has 0 radical (unpaired) electrons.